The first-order valence-electron chi connectivity index (χ1n) is 8.63. The van der Waals surface area contributed by atoms with Crippen LogP contribution in [0.4, 0.5) is 0 Å². The number of para-hydroxylation sites is 1. The maximum Gasteiger partial charge on any atom is 0.343 e. The fraction of sp³-hybridized carbons (Fsp3) is 0.0435. The van der Waals surface area contributed by atoms with E-state index < -0.39 is 5.97 Å². The topological polar surface area (TPSA) is 65.7 Å². The molecule has 0 N–H and O–H groups in total. The lowest BCUT2D eigenvalue weighted by Gasteiger charge is -2.09. The highest BCUT2D eigenvalue weighted by atomic mass is 16.5. The number of fused-ring (bicyclic) bond motifs is 1. The summed E-state index contributed by atoms with van der Waals surface area (Å²) in [6.07, 6.45) is 1.39. The zero-order valence-electron chi connectivity index (χ0n) is 15.0. The molecular weight excluding hydrogens is 356 g/mol. The van der Waals surface area contributed by atoms with E-state index in [9.17, 15) is 9.59 Å². The summed E-state index contributed by atoms with van der Waals surface area (Å²) < 4.78 is 16.4. The molecule has 0 radical (unpaired) electrons. The molecule has 4 rings (SSSR count). The summed E-state index contributed by atoms with van der Waals surface area (Å²) >= 11 is 0. The summed E-state index contributed by atoms with van der Waals surface area (Å²) in [4.78, 5) is 25.1. The van der Waals surface area contributed by atoms with Crippen molar-refractivity contribution in [3.8, 4) is 22.6 Å². The third-order valence-corrected chi connectivity index (χ3v) is 4.36. The second-order valence-corrected chi connectivity index (χ2v) is 6.09. The number of esters is 1. The van der Waals surface area contributed by atoms with Gasteiger partial charge in [-0.3, -0.25) is 4.79 Å². The van der Waals surface area contributed by atoms with Crippen molar-refractivity contribution < 1.29 is 18.7 Å². The number of carbonyl (C=O) groups excluding carboxylic acids is 1. The Morgan fingerprint density at radius 1 is 0.893 bits per heavy atom. The molecule has 0 fully saturated rings. The Morgan fingerprint density at radius 2 is 1.64 bits per heavy atom. The molecule has 0 aliphatic rings. The molecule has 4 aromatic rings. The first kappa shape index (κ1) is 17.5. The molecule has 0 aliphatic carbocycles. The zero-order valence-corrected chi connectivity index (χ0v) is 15.0. The van der Waals surface area contributed by atoms with Crippen LogP contribution < -0.4 is 14.9 Å². The van der Waals surface area contributed by atoms with E-state index in [0.29, 0.717) is 39.2 Å². The van der Waals surface area contributed by atoms with Crippen molar-refractivity contribution in [2.75, 3.05) is 7.11 Å². The van der Waals surface area contributed by atoms with Crippen molar-refractivity contribution in [1.82, 2.24) is 0 Å². The Morgan fingerprint density at radius 3 is 2.43 bits per heavy atom. The highest BCUT2D eigenvalue weighted by molar-refractivity contribution is 5.91. The average Bonchev–Trinajstić information content (AvgIpc) is 2.74. The van der Waals surface area contributed by atoms with Crippen LogP contribution in [0.15, 0.2) is 88.3 Å². The first-order chi connectivity index (χ1) is 13.7. The highest BCUT2D eigenvalue weighted by Crippen LogP contribution is 2.29. The lowest BCUT2D eigenvalue weighted by Crippen LogP contribution is -2.09. The van der Waals surface area contributed by atoms with Crippen LogP contribution in [0.3, 0.4) is 0 Å². The van der Waals surface area contributed by atoms with Crippen LogP contribution in [0.25, 0.3) is 22.1 Å². The van der Waals surface area contributed by atoms with Gasteiger partial charge in [0.05, 0.1) is 23.6 Å². The van der Waals surface area contributed by atoms with Crippen molar-refractivity contribution in [2.24, 2.45) is 0 Å². The Balaban J connectivity index is 1.71. The summed E-state index contributed by atoms with van der Waals surface area (Å²) in [6.45, 7) is 0. The van der Waals surface area contributed by atoms with Gasteiger partial charge in [-0.1, -0.05) is 36.4 Å². The molecule has 0 saturated heterocycles. The van der Waals surface area contributed by atoms with Gasteiger partial charge in [0.2, 0.25) is 5.43 Å². The van der Waals surface area contributed by atoms with Gasteiger partial charge in [-0.05, 0) is 30.3 Å². The molecule has 0 spiro atoms. The van der Waals surface area contributed by atoms with E-state index in [-0.39, 0.29) is 5.43 Å². The molecule has 0 atom stereocenters. The van der Waals surface area contributed by atoms with Crippen molar-refractivity contribution in [3.05, 3.63) is 94.8 Å². The van der Waals surface area contributed by atoms with E-state index in [0.717, 1.165) is 0 Å². The quantitative estimate of drug-likeness (QED) is 0.384. The fourth-order valence-electron chi connectivity index (χ4n) is 2.97. The Kier molecular flexibility index (Phi) is 4.64. The second kappa shape index (κ2) is 7.40. The van der Waals surface area contributed by atoms with E-state index in [1.54, 1.807) is 55.6 Å². The number of ether oxygens (including phenoxy) is 2. The normalized spacial score (nSPS) is 10.6. The van der Waals surface area contributed by atoms with Gasteiger partial charge in [0, 0.05) is 11.6 Å². The summed E-state index contributed by atoms with van der Waals surface area (Å²) in [6, 6.07) is 20.6. The van der Waals surface area contributed by atoms with Crippen LogP contribution in [-0.4, -0.2) is 13.1 Å². The van der Waals surface area contributed by atoms with Crippen LogP contribution in [0.1, 0.15) is 10.4 Å². The summed E-state index contributed by atoms with van der Waals surface area (Å²) in [5.41, 5.74) is 1.64. The number of hydrogen-bond donors (Lipinski definition) is 0. The Labute approximate surface area is 160 Å². The lowest BCUT2D eigenvalue weighted by molar-refractivity contribution is 0.0735. The first-order valence-corrected chi connectivity index (χ1v) is 8.63. The third kappa shape index (κ3) is 3.25. The summed E-state index contributed by atoms with van der Waals surface area (Å²) in [5.74, 6) is 0.407. The van der Waals surface area contributed by atoms with Crippen molar-refractivity contribution in [2.45, 2.75) is 0 Å². The smallest absolute Gasteiger partial charge is 0.343 e. The monoisotopic (exact) mass is 372 g/mol. The highest BCUT2D eigenvalue weighted by Gasteiger charge is 2.14. The van der Waals surface area contributed by atoms with E-state index in [2.05, 4.69) is 0 Å². The van der Waals surface area contributed by atoms with E-state index in [1.807, 2.05) is 18.2 Å². The van der Waals surface area contributed by atoms with Crippen LogP contribution >= 0.6 is 0 Å². The van der Waals surface area contributed by atoms with Gasteiger partial charge < -0.3 is 13.9 Å². The van der Waals surface area contributed by atoms with Crippen LogP contribution in [0, 0.1) is 0 Å². The predicted octanol–water partition coefficient (Wildman–Crippen LogP) is 4.69. The number of methoxy groups -OCH3 is 1. The van der Waals surface area contributed by atoms with Gasteiger partial charge in [0.15, 0.2) is 0 Å². The molecule has 0 saturated carbocycles. The largest absolute Gasteiger partial charge is 0.496 e. The number of rotatable bonds is 4. The SMILES string of the molecule is COc1ccccc1-c1coc2cc(OC(=O)c3ccccc3)ccc2c1=O. The van der Waals surface area contributed by atoms with E-state index in [1.165, 1.54) is 12.3 Å². The molecule has 1 aromatic heterocycles. The lowest BCUT2D eigenvalue weighted by atomic mass is 10.0. The molecule has 3 aromatic carbocycles. The van der Waals surface area contributed by atoms with E-state index in [4.69, 9.17) is 13.9 Å². The van der Waals surface area contributed by atoms with Crippen molar-refractivity contribution in [1.29, 1.82) is 0 Å². The number of benzene rings is 3. The van der Waals surface area contributed by atoms with Gasteiger partial charge in [0.1, 0.15) is 23.3 Å². The molecular formula is C23H16O5. The van der Waals surface area contributed by atoms with Crippen LogP contribution in [0.5, 0.6) is 11.5 Å². The van der Waals surface area contributed by atoms with Crippen LogP contribution in [0.2, 0.25) is 0 Å². The van der Waals surface area contributed by atoms with Gasteiger partial charge in [-0.15, -0.1) is 0 Å². The molecule has 0 amide bonds. The molecule has 0 aliphatic heterocycles. The molecule has 1 heterocycles. The average molecular weight is 372 g/mol. The maximum atomic E-state index is 12.9. The minimum Gasteiger partial charge on any atom is -0.496 e. The zero-order chi connectivity index (χ0) is 19.5. The minimum atomic E-state index is -0.479. The molecule has 0 bridgehead atoms. The molecule has 0 unspecified atom stereocenters. The maximum absolute atomic E-state index is 12.9. The van der Waals surface area contributed by atoms with E-state index >= 15 is 0 Å². The fourth-order valence-corrected chi connectivity index (χ4v) is 2.97. The van der Waals surface area contributed by atoms with Gasteiger partial charge in [0.25, 0.3) is 0 Å². The van der Waals surface area contributed by atoms with Crippen LogP contribution in [-0.2, 0) is 0 Å². The Bertz CT molecular complexity index is 1210. The molecule has 5 nitrogen and oxygen atoms in total. The Hall–Kier alpha value is -3.86. The summed E-state index contributed by atoms with van der Waals surface area (Å²) in [5, 5.41) is 0.392. The summed E-state index contributed by atoms with van der Waals surface area (Å²) in [7, 11) is 1.55. The number of carbonyl (C=O) groups is 1. The van der Waals surface area contributed by atoms with Crippen molar-refractivity contribution >= 4 is 16.9 Å². The predicted molar refractivity (Wildman–Crippen MR) is 106 cm³/mol. The van der Waals surface area contributed by atoms with Gasteiger partial charge >= 0.3 is 5.97 Å². The molecule has 138 valence electrons. The second-order valence-electron chi connectivity index (χ2n) is 6.09. The molecule has 5 heteroatoms. The van der Waals surface area contributed by atoms with Gasteiger partial charge in [-0.25, -0.2) is 4.79 Å². The van der Waals surface area contributed by atoms with Crippen molar-refractivity contribution in [3.63, 3.8) is 0 Å². The third-order valence-electron chi connectivity index (χ3n) is 4.36. The number of hydrogen-bond acceptors (Lipinski definition) is 5. The van der Waals surface area contributed by atoms with Gasteiger partial charge in [-0.2, -0.15) is 0 Å². The minimum absolute atomic E-state index is 0.188. The molecule has 28 heavy (non-hydrogen) atoms. The standard InChI is InChI=1S/C23H16O5/c1-26-20-10-6-5-9-17(20)19-14-27-21-13-16(11-12-18(21)22(19)24)28-23(25)15-7-3-2-4-8-15/h2-14H,1H3.